The van der Waals surface area contributed by atoms with Crippen molar-refractivity contribution in [2.75, 3.05) is 12.8 Å². The Bertz CT molecular complexity index is 417. The molecule has 0 bridgehead atoms. The second kappa shape index (κ2) is 6.85. The lowest BCUT2D eigenvalue weighted by Crippen LogP contribution is -2.39. The summed E-state index contributed by atoms with van der Waals surface area (Å²) in [7, 11) is 1.74. The zero-order valence-electron chi connectivity index (χ0n) is 11.1. The van der Waals surface area contributed by atoms with E-state index in [2.05, 4.69) is 20.8 Å². The van der Waals surface area contributed by atoms with Crippen LogP contribution in [0.3, 0.4) is 0 Å². The quantitative estimate of drug-likeness (QED) is 0.701. The molecule has 106 valence electrons. The van der Waals surface area contributed by atoms with Gasteiger partial charge in [-0.25, -0.2) is 4.68 Å². The first-order chi connectivity index (χ1) is 9.22. The average molecular weight is 284 g/mol. The number of aromatic nitrogens is 4. The van der Waals surface area contributed by atoms with Gasteiger partial charge in [-0.05, 0) is 36.7 Å². The number of carbonyl (C=O) groups is 1. The number of likely N-dealkylation sites (N-methyl/N-ethyl adjacent to an activating group) is 1. The van der Waals surface area contributed by atoms with Crippen LogP contribution >= 0.6 is 11.8 Å². The highest BCUT2D eigenvalue weighted by molar-refractivity contribution is 7.99. The molecule has 1 heterocycles. The first kappa shape index (κ1) is 14.3. The third kappa shape index (κ3) is 3.66. The number of primary amides is 1. The maximum absolute atomic E-state index is 11.1. The van der Waals surface area contributed by atoms with Gasteiger partial charge in [-0.15, -0.1) is 5.10 Å². The Balaban J connectivity index is 1.86. The van der Waals surface area contributed by atoms with Gasteiger partial charge in [-0.2, -0.15) is 0 Å². The van der Waals surface area contributed by atoms with Crippen molar-refractivity contribution in [3.8, 4) is 0 Å². The molecule has 0 radical (unpaired) electrons. The number of hydrogen-bond donors (Lipinski definition) is 2. The number of hydrogen-bond acceptors (Lipinski definition) is 6. The molecule has 3 N–H and O–H groups in total. The number of amides is 1. The summed E-state index contributed by atoms with van der Waals surface area (Å²) in [4.78, 5) is 11.1. The molecule has 0 saturated heterocycles. The van der Waals surface area contributed by atoms with Gasteiger partial charge in [-0.3, -0.25) is 4.79 Å². The minimum atomic E-state index is -0.321. The lowest BCUT2D eigenvalue weighted by molar-refractivity contribution is -0.119. The number of nitrogens with one attached hydrogen (secondary N) is 1. The fourth-order valence-corrected chi connectivity index (χ4v) is 3.30. The van der Waals surface area contributed by atoms with Crippen LogP contribution in [-0.2, 0) is 4.79 Å². The summed E-state index contributed by atoms with van der Waals surface area (Å²) in [6.07, 6.45) is 5.47. The van der Waals surface area contributed by atoms with Gasteiger partial charge in [0.1, 0.15) is 0 Å². The molecule has 1 aromatic rings. The van der Waals surface area contributed by atoms with Gasteiger partial charge in [0.2, 0.25) is 11.1 Å². The number of rotatable bonds is 7. The summed E-state index contributed by atoms with van der Waals surface area (Å²) >= 11 is 1.58. The topological polar surface area (TPSA) is 98.7 Å². The molecule has 1 unspecified atom stereocenters. The predicted molar refractivity (Wildman–Crippen MR) is 72.7 cm³/mol. The number of thioether (sulfide) groups is 1. The molecule has 0 spiro atoms. The van der Waals surface area contributed by atoms with E-state index in [-0.39, 0.29) is 11.9 Å². The second-order valence-corrected chi connectivity index (χ2v) is 5.79. The van der Waals surface area contributed by atoms with Crippen molar-refractivity contribution in [1.82, 2.24) is 25.5 Å². The van der Waals surface area contributed by atoms with Crippen molar-refractivity contribution >= 4 is 17.7 Å². The van der Waals surface area contributed by atoms with Crippen LogP contribution in [0.1, 0.15) is 38.1 Å². The van der Waals surface area contributed by atoms with E-state index in [1.165, 1.54) is 12.8 Å². The van der Waals surface area contributed by atoms with Crippen molar-refractivity contribution in [2.45, 2.75) is 49.3 Å². The molecule has 1 saturated carbocycles. The summed E-state index contributed by atoms with van der Waals surface area (Å²) in [5, 5.41) is 15.6. The number of nitrogens with zero attached hydrogens (tertiary/aromatic N) is 4. The van der Waals surface area contributed by atoms with Crippen molar-refractivity contribution in [1.29, 1.82) is 0 Å². The molecule has 1 aliphatic carbocycles. The van der Waals surface area contributed by atoms with E-state index in [0.29, 0.717) is 12.5 Å². The molecule has 1 amide bonds. The maximum atomic E-state index is 11.1. The summed E-state index contributed by atoms with van der Waals surface area (Å²) in [5.74, 6) is 0.445. The number of carbonyl (C=O) groups excluding carboxylic acids is 1. The van der Waals surface area contributed by atoms with Crippen molar-refractivity contribution in [2.24, 2.45) is 5.73 Å². The lowest BCUT2D eigenvalue weighted by Gasteiger charge is -2.13. The molecule has 0 aliphatic heterocycles. The minimum absolute atomic E-state index is 0.289. The molecule has 1 atom stereocenters. The van der Waals surface area contributed by atoms with Gasteiger partial charge in [0, 0.05) is 5.75 Å². The standard InChI is InChI=1S/C11H20N6OS/c1-13-9(10(12)18)6-7-19-11-14-15-16-17(11)8-4-2-3-5-8/h8-9,13H,2-7H2,1H3,(H2,12,18). The van der Waals surface area contributed by atoms with Gasteiger partial charge in [-0.1, -0.05) is 24.6 Å². The van der Waals surface area contributed by atoms with Crippen molar-refractivity contribution < 1.29 is 4.79 Å². The molecule has 8 heteroatoms. The third-order valence-electron chi connectivity index (χ3n) is 3.46. The van der Waals surface area contributed by atoms with E-state index >= 15 is 0 Å². The van der Waals surface area contributed by atoms with Gasteiger partial charge < -0.3 is 11.1 Å². The molecule has 2 rings (SSSR count). The fraction of sp³-hybridized carbons (Fsp3) is 0.818. The molecule has 1 fully saturated rings. The highest BCUT2D eigenvalue weighted by atomic mass is 32.2. The van der Waals surface area contributed by atoms with Crippen LogP contribution in [0, 0.1) is 0 Å². The van der Waals surface area contributed by atoms with E-state index in [1.807, 2.05) is 4.68 Å². The van der Waals surface area contributed by atoms with Crippen LogP contribution < -0.4 is 11.1 Å². The summed E-state index contributed by atoms with van der Waals surface area (Å²) in [6.45, 7) is 0. The Morgan fingerprint density at radius 3 is 2.95 bits per heavy atom. The molecule has 19 heavy (non-hydrogen) atoms. The van der Waals surface area contributed by atoms with Crippen molar-refractivity contribution in [3.05, 3.63) is 0 Å². The van der Waals surface area contributed by atoms with E-state index < -0.39 is 0 Å². The fourth-order valence-electron chi connectivity index (χ4n) is 2.36. The highest BCUT2D eigenvalue weighted by Crippen LogP contribution is 2.31. The normalized spacial score (nSPS) is 17.7. The first-order valence-electron chi connectivity index (χ1n) is 6.59. The van der Waals surface area contributed by atoms with Gasteiger partial charge in [0.25, 0.3) is 0 Å². The van der Waals surface area contributed by atoms with E-state index in [9.17, 15) is 4.79 Å². The Labute approximate surface area is 116 Å². The second-order valence-electron chi connectivity index (χ2n) is 4.73. The molecule has 0 aromatic carbocycles. The molecule has 1 aromatic heterocycles. The summed E-state index contributed by atoms with van der Waals surface area (Å²) in [5.41, 5.74) is 5.28. The molecule has 1 aliphatic rings. The van der Waals surface area contributed by atoms with Crippen LogP contribution in [0.15, 0.2) is 5.16 Å². The predicted octanol–water partition coefficient (Wildman–Crippen LogP) is 0.344. The Hall–Kier alpha value is -1.15. The van der Waals surface area contributed by atoms with Gasteiger partial charge >= 0.3 is 0 Å². The summed E-state index contributed by atoms with van der Waals surface area (Å²) in [6, 6.07) is 0.150. The molecular formula is C11H20N6OS. The lowest BCUT2D eigenvalue weighted by atomic mass is 10.2. The summed E-state index contributed by atoms with van der Waals surface area (Å²) < 4.78 is 1.93. The average Bonchev–Trinajstić information content (AvgIpc) is 3.04. The Kier molecular flexibility index (Phi) is 5.15. The Morgan fingerprint density at radius 2 is 2.32 bits per heavy atom. The first-order valence-corrected chi connectivity index (χ1v) is 7.58. The van der Waals surface area contributed by atoms with Crippen LogP contribution in [-0.4, -0.2) is 45.0 Å². The van der Waals surface area contributed by atoms with Crippen LogP contribution in [0.25, 0.3) is 0 Å². The zero-order chi connectivity index (χ0) is 13.7. The number of nitrogens with two attached hydrogens (primary N) is 1. The van der Waals surface area contributed by atoms with Crippen LogP contribution in [0.5, 0.6) is 0 Å². The minimum Gasteiger partial charge on any atom is -0.368 e. The number of tetrazole rings is 1. The van der Waals surface area contributed by atoms with Crippen LogP contribution in [0.4, 0.5) is 0 Å². The third-order valence-corrected chi connectivity index (χ3v) is 4.43. The van der Waals surface area contributed by atoms with E-state index in [1.54, 1.807) is 18.8 Å². The monoisotopic (exact) mass is 284 g/mol. The van der Waals surface area contributed by atoms with Gasteiger partial charge in [0.05, 0.1) is 12.1 Å². The molecular weight excluding hydrogens is 264 g/mol. The smallest absolute Gasteiger partial charge is 0.234 e. The van der Waals surface area contributed by atoms with Crippen LogP contribution in [0.2, 0.25) is 0 Å². The highest BCUT2D eigenvalue weighted by Gasteiger charge is 2.22. The zero-order valence-corrected chi connectivity index (χ0v) is 11.9. The van der Waals surface area contributed by atoms with Gasteiger partial charge in [0.15, 0.2) is 0 Å². The van der Waals surface area contributed by atoms with E-state index in [0.717, 1.165) is 23.8 Å². The molecule has 7 nitrogen and oxygen atoms in total. The Morgan fingerprint density at radius 1 is 1.58 bits per heavy atom. The van der Waals surface area contributed by atoms with E-state index in [4.69, 9.17) is 5.73 Å². The SMILES string of the molecule is CNC(CCSc1nnnn1C1CCCC1)C(N)=O. The van der Waals surface area contributed by atoms with Crippen molar-refractivity contribution in [3.63, 3.8) is 0 Å². The maximum Gasteiger partial charge on any atom is 0.234 e. The largest absolute Gasteiger partial charge is 0.368 e.